The summed E-state index contributed by atoms with van der Waals surface area (Å²) in [6, 6.07) is 0. The molecule has 41 heavy (non-hydrogen) atoms. The van der Waals surface area contributed by atoms with Crippen LogP contribution in [0.25, 0.3) is 0 Å². The van der Waals surface area contributed by atoms with Crippen LogP contribution in [-0.4, -0.2) is 16.6 Å². The molecule has 0 spiro atoms. The van der Waals surface area contributed by atoms with Gasteiger partial charge in [-0.05, 0) is 0 Å². The molecule has 2 aromatic carbocycles. The van der Waals surface area contributed by atoms with Crippen molar-refractivity contribution in [2.75, 3.05) is 12.3 Å². The zero-order valence-electron chi connectivity index (χ0n) is 21.4. The Kier molecular flexibility index (Phi) is 12.2. The molecule has 2 aliphatic rings. The van der Waals surface area contributed by atoms with E-state index in [0.29, 0.717) is 18.9 Å². The first-order chi connectivity index (χ1) is 18.5. The molecular weight excluding hydrogens is 706 g/mol. The smallest absolute Gasteiger partial charge is 0.147 e. The predicted octanol–water partition coefficient (Wildman–Crippen LogP) is 8.31. The van der Waals surface area contributed by atoms with Gasteiger partial charge in [-0.3, -0.25) is 0 Å². The van der Waals surface area contributed by atoms with E-state index in [0.717, 1.165) is 0 Å². The zero-order valence-corrected chi connectivity index (χ0v) is 26.4. The van der Waals surface area contributed by atoms with E-state index in [1.807, 2.05) is 0 Å². The van der Waals surface area contributed by atoms with Crippen LogP contribution in [0, 0.1) is 58.2 Å². The molecule has 0 amide bonds. The first-order valence-corrected chi connectivity index (χ1v) is 20.8. The molecule has 0 saturated carbocycles. The SMILES string of the molecule is CC[P](CC)[Zr]([B](c1c(F)c(F)c(F)c(F)c1F)c1c(F)c(F)c(F)c(F)c1F)([C]1=CC=CC1)[C]1=CC=CC1.Cl.Cl. The molecule has 0 heterocycles. The van der Waals surface area contributed by atoms with Crippen molar-refractivity contribution in [3.63, 3.8) is 0 Å². The Hall–Kier alpha value is -1.34. The van der Waals surface area contributed by atoms with Crippen LogP contribution < -0.4 is 10.9 Å². The maximum atomic E-state index is 15.6. The molecule has 0 N–H and O–H groups in total. The number of hydrogen-bond acceptors (Lipinski definition) is 0. The Bertz CT molecular complexity index is 1320. The molecule has 0 bridgehead atoms. The number of allylic oxidation sites excluding steroid dienone is 8. The summed E-state index contributed by atoms with van der Waals surface area (Å²) in [5.74, 6) is -23.9. The topological polar surface area (TPSA) is 0 Å². The van der Waals surface area contributed by atoms with Gasteiger partial charge < -0.3 is 0 Å². The van der Waals surface area contributed by atoms with Crippen molar-refractivity contribution in [3.05, 3.63) is 101 Å². The van der Waals surface area contributed by atoms with Crippen LogP contribution in [0.4, 0.5) is 43.9 Å². The fraction of sp³-hybridized carbons (Fsp3) is 0.231. The van der Waals surface area contributed by atoms with Gasteiger partial charge in [0.1, 0.15) is 0 Å². The van der Waals surface area contributed by atoms with E-state index in [1.54, 1.807) is 50.3 Å². The van der Waals surface area contributed by atoms with Crippen LogP contribution in [0.2, 0.25) is 0 Å². The predicted molar refractivity (Wildman–Crippen MR) is 144 cm³/mol. The number of rotatable bonds is 8. The first kappa shape index (κ1) is 35.9. The van der Waals surface area contributed by atoms with Crippen LogP contribution in [0.3, 0.4) is 0 Å². The fourth-order valence-corrected chi connectivity index (χ4v) is 37.8. The zero-order chi connectivity index (χ0) is 28.8. The second-order valence-electron chi connectivity index (χ2n) is 8.99. The summed E-state index contributed by atoms with van der Waals surface area (Å²) >= 11 is -5.28. The molecule has 0 atom stereocenters. The Labute approximate surface area is 247 Å². The summed E-state index contributed by atoms with van der Waals surface area (Å²) in [6.07, 6.45) is 10.6. The van der Waals surface area contributed by atoms with Gasteiger partial charge in [0.25, 0.3) is 0 Å². The van der Waals surface area contributed by atoms with Gasteiger partial charge in [0.05, 0.1) is 0 Å². The van der Waals surface area contributed by atoms with Crippen LogP contribution in [0.1, 0.15) is 26.7 Å². The molecule has 2 aliphatic carbocycles. The van der Waals surface area contributed by atoms with Gasteiger partial charge >= 0.3 is 224 Å². The summed E-state index contributed by atoms with van der Waals surface area (Å²) in [7, 11) is 0. The second kappa shape index (κ2) is 14.0. The van der Waals surface area contributed by atoms with E-state index in [4.69, 9.17) is 0 Å². The van der Waals surface area contributed by atoms with Crippen molar-refractivity contribution in [2.24, 2.45) is 0 Å². The third-order valence-corrected chi connectivity index (χ3v) is 36.8. The summed E-state index contributed by atoms with van der Waals surface area (Å²) in [5.41, 5.74) is -3.14. The molecule has 0 radical (unpaired) electrons. The van der Waals surface area contributed by atoms with Crippen LogP contribution >= 0.6 is 30.0 Å². The van der Waals surface area contributed by atoms with Gasteiger partial charge in [-0.2, -0.15) is 0 Å². The second-order valence-corrected chi connectivity index (χ2v) is 28.5. The Morgan fingerprint density at radius 1 is 0.561 bits per heavy atom. The minimum absolute atomic E-state index is 0. The van der Waals surface area contributed by atoms with Gasteiger partial charge in [-0.25, -0.2) is 0 Å². The molecule has 0 aromatic heterocycles. The quantitative estimate of drug-likeness (QED) is 0.0845. The summed E-state index contributed by atoms with van der Waals surface area (Å²) in [4.78, 5) is 0. The standard InChI is InChI=1S/C12BF10.2C5H5.C4H10P.2ClH.Zr/c14-3-1(4(15)8(19)11(22)7(3)18)13-2-5(16)9(20)12(23)10(21)6(2)17;2*1-2-4-5-3-1;1-3-5-4-2;;;/h;2*1-3H,4H2;3-4H2,1-2H3;2*1H;/q+1;;;-1;;;. The molecule has 2 aromatic rings. The molecule has 0 nitrogen and oxygen atoms in total. The van der Waals surface area contributed by atoms with Gasteiger partial charge in [-0.15, -0.1) is 24.8 Å². The Balaban J connectivity index is 0.00000294. The minimum atomic E-state index is -5.28. The van der Waals surface area contributed by atoms with Gasteiger partial charge in [-0.1, -0.05) is 0 Å². The van der Waals surface area contributed by atoms with Crippen molar-refractivity contribution in [1.29, 1.82) is 0 Å². The molecule has 4 rings (SSSR count). The average Bonchev–Trinajstić information content (AvgIpc) is 3.67. The minimum Gasteiger partial charge on any atom is -0.147 e. The Morgan fingerprint density at radius 3 is 1.10 bits per heavy atom. The van der Waals surface area contributed by atoms with Crippen molar-refractivity contribution < 1.29 is 63.4 Å². The average molecular weight is 728 g/mol. The van der Waals surface area contributed by atoms with Crippen LogP contribution in [-0.2, 0) is 19.5 Å². The van der Waals surface area contributed by atoms with Crippen molar-refractivity contribution in [3.8, 4) is 0 Å². The van der Waals surface area contributed by atoms with E-state index < -0.39 is 98.0 Å². The van der Waals surface area contributed by atoms with Crippen molar-refractivity contribution in [2.45, 2.75) is 26.7 Å². The van der Waals surface area contributed by atoms with E-state index in [-0.39, 0.29) is 37.7 Å². The van der Waals surface area contributed by atoms with Gasteiger partial charge in [0.2, 0.25) is 0 Å². The van der Waals surface area contributed by atoms with Gasteiger partial charge in [0, 0.05) is 0 Å². The maximum Gasteiger partial charge on any atom is -0.147 e. The number of hydrogen-bond donors (Lipinski definition) is 0. The summed E-state index contributed by atoms with van der Waals surface area (Å²) < 4.78 is 148. The molecule has 0 saturated heterocycles. The number of halogens is 12. The largest absolute Gasteiger partial charge is 0.147 e. The molecule has 0 unspecified atom stereocenters. The normalized spacial score (nSPS) is 14.3. The van der Waals surface area contributed by atoms with Gasteiger partial charge in [0.15, 0.2) is 0 Å². The maximum absolute atomic E-state index is 15.6. The van der Waals surface area contributed by atoms with E-state index in [1.165, 1.54) is 0 Å². The van der Waals surface area contributed by atoms with Crippen LogP contribution in [0.15, 0.2) is 43.0 Å². The van der Waals surface area contributed by atoms with E-state index >= 15 is 17.6 Å². The summed E-state index contributed by atoms with van der Waals surface area (Å²) in [6.45, 7) is 3.45. The molecular formula is C26H22BCl2F10PZr. The van der Waals surface area contributed by atoms with E-state index in [9.17, 15) is 26.3 Å². The molecule has 222 valence electrons. The van der Waals surface area contributed by atoms with Crippen molar-refractivity contribution in [1.82, 2.24) is 0 Å². The van der Waals surface area contributed by atoms with Crippen molar-refractivity contribution >= 4 is 45.2 Å². The molecule has 0 fully saturated rings. The third kappa shape index (κ3) is 5.56. The monoisotopic (exact) mass is 726 g/mol. The molecule has 15 heteroatoms. The summed E-state index contributed by atoms with van der Waals surface area (Å²) in [5, 5.41) is -1.47. The van der Waals surface area contributed by atoms with Crippen LogP contribution in [0.5, 0.6) is 0 Å². The third-order valence-electron chi connectivity index (χ3n) is 7.27. The molecule has 0 aliphatic heterocycles. The Morgan fingerprint density at radius 2 is 0.854 bits per heavy atom. The fourth-order valence-electron chi connectivity index (χ4n) is 5.66. The first-order valence-electron chi connectivity index (χ1n) is 12.0. The van der Waals surface area contributed by atoms with E-state index in [2.05, 4.69) is 0 Å². The number of benzene rings is 2.